The van der Waals surface area contributed by atoms with Gasteiger partial charge in [-0.15, -0.1) is 0 Å². The Kier molecular flexibility index (Phi) is 8.51. The minimum absolute atomic E-state index is 0.215. The molecule has 0 atom stereocenters. The average Bonchev–Trinajstić information content (AvgIpc) is 2.88. The van der Waals surface area contributed by atoms with E-state index < -0.39 is 11.9 Å². The summed E-state index contributed by atoms with van der Waals surface area (Å²) in [6.45, 7) is 1.13. The summed E-state index contributed by atoms with van der Waals surface area (Å²) in [5, 5.41) is 0. The first-order valence-electron chi connectivity index (χ1n) is 10.9. The summed E-state index contributed by atoms with van der Waals surface area (Å²) in [5.41, 5.74) is 2.54. The Morgan fingerprint density at radius 2 is 1.12 bits per heavy atom. The lowest BCUT2D eigenvalue weighted by atomic mass is 10.1. The van der Waals surface area contributed by atoms with Crippen molar-refractivity contribution in [2.45, 2.75) is 6.10 Å². The minimum Gasteiger partial charge on any atom is -0.487 e. The molecule has 0 spiro atoms. The van der Waals surface area contributed by atoms with E-state index in [1.165, 1.54) is 20.3 Å². The van der Waals surface area contributed by atoms with Gasteiger partial charge < -0.3 is 24.0 Å². The number of para-hydroxylation sites is 2. The molecule has 0 fully saturated rings. The van der Waals surface area contributed by atoms with Crippen LogP contribution in [0.2, 0.25) is 0 Å². The van der Waals surface area contributed by atoms with E-state index in [0.29, 0.717) is 18.8 Å². The van der Waals surface area contributed by atoms with Crippen LogP contribution < -0.4 is 14.5 Å². The Balaban J connectivity index is 1.90. The third kappa shape index (κ3) is 6.51. The normalized spacial score (nSPS) is 10.5. The molecule has 0 unspecified atom stereocenters. The molecule has 0 radical (unpaired) electrons. The van der Waals surface area contributed by atoms with Crippen molar-refractivity contribution < 1.29 is 23.8 Å². The van der Waals surface area contributed by atoms with Crippen molar-refractivity contribution in [3.05, 3.63) is 90.0 Å². The first kappa shape index (κ1) is 24.6. The van der Waals surface area contributed by atoms with Crippen LogP contribution in [0.1, 0.15) is 20.7 Å². The number of carbonyl (C=O) groups is 2. The fraction of sp³-hybridized carbons (Fsp3) is 0.259. The Morgan fingerprint density at radius 3 is 1.50 bits per heavy atom. The Labute approximate surface area is 200 Å². The predicted molar refractivity (Wildman–Crippen MR) is 133 cm³/mol. The summed E-state index contributed by atoms with van der Waals surface area (Å²) < 4.78 is 16.1. The van der Waals surface area contributed by atoms with Crippen molar-refractivity contribution in [3.8, 4) is 5.75 Å². The first-order valence-corrected chi connectivity index (χ1v) is 10.9. The first-order chi connectivity index (χ1) is 16.4. The van der Waals surface area contributed by atoms with E-state index >= 15 is 0 Å². The van der Waals surface area contributed by atoms with Crippen LogP contribution in [0.4, 0.5) is 11.4 Å². The molecule has 0 bridgehead atoms. The zero-order valence-electron chi connectivity index (χ0n) is 19.9. The van der Waals surface area contributed by atoms with E-state index in [4.69, 9.17) is 14.2 Å². The topological polar surface area (TPSA) is 68.3 Å². The second-order valence-electron chi connectivity index (χ2n) is 7.90. The third-order valence-corrected chi connectivity index (χ3v) is 5.40. The molecule has 0 aliphatic carbocycles. The fourth-order valence-electron chi connectivity index (χ4n) is 3.65. The number of hydrogen-bond donors (Lipinski definition) is 0. The summed E-state index contributed by atoms with van der Waals surface area (Å²) in [4.78, 5) is 28.6. The molecule has 3 rings (SSSR count). The van der Waals surface area contributed by atoms with Gasteiger partial charge in [0, 0.05) is 25.5 Å². The average molecular weight is 463 g/mol. The highest BCUT2D eigenvalue weighted by atomic mass is 16.5. The maximum atomic E-state index is 12.2. The highest BCUT2D eigenvalue weighted by Gasteiger charge is 2.20. The highest BCUT2D eigenvalue weighted by Crippen LogP contribution is 2.22. The Bertz CT molecular complexity index is 1010. The van der Waals surface area contributed by atoms with Gasteiger partial charge in [-0.3, -0.25) is 0 Å². The predicted octanol–water partition coefficient (Wildman–Crippen LogP) is 4.28. The maximum absolute atomic E-state index is 12.2. The number of likely N-dealkylation sites (N-methyl/N-ethyl adjacent to an activating group) is 2. The molecule has 7 heteroatoms. The van der Waals surface area contributed by atoms with Crippen molar-refractivity contribution in [1.29, 1.82) is 0 Å². The molecule has 34 heavy (non-hydrogen) atoms. The molecule has 3 aromatic rings. The molecule has 3 aromatic carbocycles. The minimum atomic E-state index is -0.560. The summed E-state index contributed by atoms with van der Waals surface area (Å²) >= 11 is 0. The van der Waals surface area contributed by atoms with Crippen LogP contribution >= 0.6 is 0 Å². The molecule has 0 aromatic heterocycles. The largest absolute Gasteiger partial charge is 0.487 e. The second-order valence-corrected chi connectivity index (χ2v) is 7.90. The zero-order valence-corrected chi connectivity index (χ0v) is 19.9. The molecule has 0 aliphatic rings. The lowest BCUT2D eigenvalue weighted by Crippen LogP contribution is -2.41. The number of nitrogens with zero attached hydrogens (tertiary/aromatic N) is 2. The van der Waals surface area contributed by atoms with Crippen LogP contribution in [0.5, 0.6) is 5.75 Å². The van der Waals surface area contributed by atoms with Crippen LogP contribution in [0, 0.1) is 0 Å². The fourth-order valence-corrected chi connectivity index (χ4v) is 3.65. The molecule has 178 valence electrons. The van der Waals surface area contributed by atoms with E-state index in [2.05, 4.69) is 9.80 Å². The van der Waals surface area contributed by atoms with Crippen LogP contribution in [-0.4, -0.2) is 59.4 Å². The van der Waals surface area contributed by atoms with Gasteiger partial charge in [0.1, 0.15) is 11.9 Å². The van der Waals surface area contributed by atoms with Crippen molar-refractivity contribution in [2.24, 2.45) is 0 Å². The van der Waals surface area contributed by atoms with E-state index in [-0.39, 0.29) is 17.2 Å². The summed E-state index contributed by atoms with van der Waals surface area (Å²) in [6, 6.07) is 24.6. The molecular formula is C27H30N2O5. The number of ether oxygens (including phenoxy) is 3. The van der Waals surface area contributed by atoms with E-state index in [1.54, 1.807) is 12.1 Å². The molecule has 0 N–H and O–H groups in total. The number of hydrogen-bond acceptors (Lipinski definition) is 7. The number of esters is 2. The van der Waals surface area contributed by atoms with Crippen LogP contribution in [-0.2, 0) is 9.47 Å². The van der Waals surface area contributed by atoms with Gasteiger partial charge >= 0.3 is 11.9 Å². The highest BCUT2D eigenvalue weighted by molar-refractivity contribution is 5.96. The van der Waals surface area contributed by atoms with Gasteiger partial charge in [0.2, 0.25) is 0 Å². The summed E-state index contributed by atoms with van der Waals surface area (Å²) in [5.74, 6) is -0.735. The summed E-state index contributed by atoms with van der Waals surface area (Å²) in [6.07, 6.45) is -0.297. The molecule has 7 nitrogen and oxygen atoms in total. The standard InChI is InChI=1S/C27H30N2O5/c1-28(22-11-7-5-8-12-22)18-25(19-29(2)23-13-9-6-10-14-23)34-24-16-20(26(30)32-3)15-21(17-24)27(31)33-4/h5-17,25H,18-19H2,1-4H3. The van der Waals surface area contributed by atoms with Gasteiger partial charge in [-0.2, -0.15) is 0 Å². The Hall–Kier alpha value is -4.00. The number of rotatable bonds is 10. The van der Waals surface area contributed by atoms with Crippen molar-refractivity contribution >= 4 is 23.3 Å². The van der Waals surface area contributed by atoms with Gasteiger partial charge in [0.05, 0.1) is 38.4 Å². The van der Waals surface area contributed by atoms with Crippen molar-refractivity contribution in [2.75, 3.05) is 51.2 Å². The smallest absolute Gasteiger partial charge is 0.338 e. The van der Waals surface area contributed by atoms with E-state index in [9.17, 15) is 9.59 Å². The molecule has 0 saturated heterocycles. The molecular weight excluding hydrogens is 432 g/mol. The number of carbonyl (C=O) groups excluding carboxylic acids is 2. The van der Waals surface area contributed by atoms with Crippen molar-refractivity contribution in [1.82, 2.24) is 0 Å². The molecule has 0 aliphatic heterocycles. The van der Waals surface area contributed by atoms with Crippen LogP contribution in [0.3, 0.4) is 0 Å². The lowest BCUT2D eigenvalue weighted by Gasteiger charge is -2.30. The summed E-state index contributed by atoms with van der Waals surface area (Å²) in [7, 11) is 6.58. The van der Waals surface area contributed by atoms with Gasteiger partial charge in [-0.1, -0.05) is 36.4 Å². The van der Waals surface area contributed by atoms with E-state index in [1.807, 2.05) is 74.8 Å². The van der Waals surface area contributed by atoms with Gasteiger partial charge in [0.15, 0.2) is 0 Å². The zero-order chi connectivity index (χ0) is 24.5. The van der Waals surface area contributed by atoms with Gasteiger partial charge in [-0.05, 0) is 42.5 Å². The van der Waals surface area contributed by atoms with Crippen LogP contribution in [0.15, 0.2) is 78.9 Å². The molecule has 0 amide bonds. The lowest BCUT2D eigenvalue weighted by molar-refractivity contribution is 0.0597. The second kappa shape index (κ2) is 11.7. The van der Waals surface area contributed by atoms with Gasteiger partial charge in [-0.25, -0.2) is 9.59 Å². The number of anilines is 2. The van der Waals surface area contributed by atoms with Crippen molar-refractivity contribution in [3.63, 3.8) is 0 Å². The van der Waals surface area contributed by atoms with Crippen LogP contribution in [0.25, 0.3) is 0 Å². The number of benzene rings is 3. The SMILES string of the molecule is COC(=O)c1cc(OC(CN(C)c2ccccc2)CN(C)c2ccccc2)cc(C(=O)OC)c1. The van der Waals surface area contributed by atoms with E-state index in [0.717, 1.165) is 11.4 Å². The third-order valence-electron chi connectivity index (χ3n) is 5.40. The number of methoxy groups -OCH3 is 2. The molecule has 0 heterocycles. The molecule has 0 saturated carbocycles. The quantitative estimate of drug-likeness (QED) is 0.417. The Morgan fingerprint density at radius 1 is 0.706 bits per heavy atom. The monoisotopic (exact) mass is 462 g/mol. The van der Waals surface area contributed by atoms with Gasteiger partial charge in [0.25, 0.3) is 0 Å². The maximum Gasteiger partial charge on any atom is 0.338 e.